The molecule has 1 radical (unpaired) electrons. The molecular weight excluding hydrogens is 907 g/mol. The number of ether oxygens (including phenoxy) is 6. The largest absolute Gasteiger partial charge is 0.490 e. The Bertz CT molecular complexity index is 1670. The molecule has 11 heteroatoms. The highest BCUT2D eigenvalue weighted by molar-refractivity contribution is 6.59. The van der Waals surface area contributed by atoms with Crippen LogP contribution in [0.5, 0.6) is 11.5 Å². The number of benzene rings is 2. The zero-order valence-electron chi connectivity index (χ0n) is 46.3. The first-order valence-electron chi connectivity index (χ1n) is 28.7. The van der Waals surface area contributed by atoms with Crippen molar-refractivity contribution in [2.45, 2.75) is 276 Å². The van der Waals surface area contributed by atoms with Crippen molar-refractivity contribution in [3.63, 3.8) is 0 Å². The molecule has 0 aromatic heterocycles. The summed E-state index contributed by atoms with van der Waals surface area (Å²) in [6.45, 7) is 18.0. The molecule has 0 spiro atoms. The Morgan fingerprint density at radius 1 is 0.648 bits per heavy atom. The van der Waals surface area contributed by atoms with E-state index in [0.717, 1.165) is 50.5 Å². The van der Waals surface area contributed by atoms with Gasteiger partial charge in [0.15, 0.2) is 23.0 Å². The highest BCUT2D eigenvalue weighted by Gasteiger charge is 2.59. The number of aliphatic hydroxyl groups excluding tert-OH is 1. The van der Waals surface area contributed by atoms with Crippen LogP contribution in [0.15, 0.2) is 48.5 Å². The number of esters is 1. The van der Waals surface area contributed by atoms with Gasteiger partial charge in [-0.3, -0.25) is 9.59 Å². The molecule has 2 aromatic rings. The minimum atomic E-state index is -1.68. The molecule has 1 saturated heterocycles. The minimum absolute atomic E-state index is 0.0313. The Kier molecular flexibility index (Phi) is 32.4. The highest BCUT2D eigenvalue weighted by atomic mass is 28.3. The normalized spacial score (nSPS) is 19.2. The maximum absolute atomic E-state index is 14.8. The molecule has 1 aliphatic heterocycles. The predicted molar refractivity (Wildman–Crippen MR) is 293 cm³/mol. The van der Waals surface area contributed by atoms with Gasteiger partial charge >= 0.3 is 5.97 Å². The number of carbonyl (C=O) groups is 2. The summed E-state index contributed by atoms with van der Waals surface area (Å²) in [6, 6.07) is 14.1. The summed E-state index contributed by atoms with van der Waals surface area (Å²) >= 11 is 0. The Balaban J connectivity index is 1.89. The van der Waals surface area contributed by atoms with E-state index in [0.29, 0.717) is 36.7 Å². The van der Waals surface area contributed by atoms with Crippen molar-refractivity contribution in [1.29, 1.82) is 0 Å². The van der Waals surface area contributed by atoms with Gasteiger partial charge in [0.05, 0.1) is 32.0 Å². The van der Waals surface area contributed by atoms with Crippen molar-refractivity contribution in [2.75, 3.05) is 19.8 Å². The molecule has 0 saturated carbocycles. The van der Waals surface area contributed by atoms with Crippen molar-refractivity contribution in [2.24, 2.45) is 0 Å². The summed E-state index contributed by atoms with van der Waals surface area (Å²) in [7, 11) is -1.68. The fraction of sp³-hybridized carbons (Fsp3) is 0.767. The van der Waals surface area contributed by atoms with E-state index < -0.39 is 56.0 Å². The second-order valence-electron chi connectivity index (χ2n) is 21.5. The van der Waals surface area contributed by atoms with Crippen LogP contribution < -0.4 is 14.8 Å². The Morgan fingerprint density at radius 3 is 1.62 bits per heavy atom. The summed E-state index contributed by atoms with van der Waals surface area (Å²) in [5.74, 6) is 0.291. The van der Waals surface area contributed by atoms with Crippen LogP contribution in [0.3, 0.4) is 0 Å². The van der Waals surface area contributed by atoms with Gasteiger partial charge in [0.1, 0.15) is 27.0 Å². The molecule has 71 heavy (non-hydrogen) atoms. The van der Waals surface area contributed by atoms with Crippen LogP contribution in [0.1, 0.15) is 237 Å². The highest BCUT2D eigenvalue weighted by Crippen LogP contribution is 2.38. The molecule has 1 fully saturated rings. The van der Waals surface area contributed by atoms with Gasteiger partial charge < -0.3 is 38.8 Å². The fourth-order valence-corrected chi connectivity index (χ4v) is 10.9. The third-order valence-electron chi connectivity index (χ3n) is 13.7. The van der Waals surface area contributed by atoms with E-state index in [1.807, 2.05) is 57.2 Å². The van der Waals surface area contributed by atoms with Crippen molar-refractivity contribution in [3.8, 4) is 11.5 Å². The summed E-state index contributed by atoms with van der Waals surface area (Å²) < 4.78 is 39.3. The predicted octanol–water partition coefficient (Wildman–Crippen LogP) is 15.2. The number of carbonyl (C=O) groups excluding carboxylic acids is 2. The van der Waals surface area contributed by atoms with Crippen LogP contribution >= 0.6 is 0 Å². The quantitative estimate of drug-likeness (QED) is 0.0381. The monoisotopic (exact) mass is 1010 g/mol. The van der Waals surface area contributed by atoms with Crippen LogP contribution in [-0.4, -0.2) is 81.0 Å². The van der Waals surface area contributed by atoms with Gasteiger partial charge in [-0.15, -0.1) is 0 Å². The number of unbranched alkanes of at least 4 members (excludes halogenated alkanes) is 24. The lowest BCUT2D eigenvalue weighted by atomic mass is 9.95. The SMILES string of the molecule is CCCCCCCCCCCCCC(=O)O[C@H]1[C@H](O)[C@@H](COC(C)(C)C)O[C@](OCc2ccccc2)([Si](C)C)[C@@H]1NC(=O)c1ccc(OCCCCCCCCCC)c(OCCCCCCCCCC)c1. The van der Waals surface area contributed by atoms with Gasteiger partial charge in [0, 0.05) is 12.0 Å². The standard InChI is InChI=1S/C60H102NO9Si/c1-9-12-15-18-21-24-25-26-27-30-36-41-54(62)69-56-55(63)53(48-67-59(4,5)6)70-60(71(7)8,68-47-49-39-34-33-35-40-49)57(56)61-58(64)50-42-43-51(65-44-37-31-28-22-19-16-13-10-2)52(46-50)66-45-38-32-29-23-20-17-14-11-3/h33-35,39-40,42-43,46,53,55-57,63H,9-32,36-38,41,44-45,47-48H2,1-8H3,(H,61,64)/t53-,55-,56+,57-,60+/m1/s1. The topological polar surface area (TPSA) is 122 Å². The Labute approximate surface area is 434 Å². The van der Waals surface area contributed by atoms with Gasteiger partial charge in [-0.2, -0.15) is 0 Å². The lowest BCUT2D eigenvalue weighted by Crippen LogP contribution is -2.75. The number of hydrogen-bond donors (Lipinski definition) is 2. The molecule has 1 amide bonds. The maximum Gasteiger partial charge on any atom is 0.306 e. The lowest BCUT2D eigenvalue weighted by molar-refractivity contribution is -0.307. The van der Waals surface area contributed by atoms with Crippen LogP contribution in [0.2, 0.25) is 13.1 Å². The molecule has 0 bridgehead atoms. The van der Waals surface area contributed by atoms with E-state index in [2.05, 4.69) is 39.2 Å². The third-order valence-corrected chi connectivity index (χ3v) is 15.7. The summed E-state index contributed by atoms with van der Waals surface area (Å²) in [5.41, 5.74) is -0.708. The van der Waals surface area contributed by atoms with Gasteiger partial charge in [0.25, 0.3) is 5.91 Å². The molecule has 0 unspecified atom stereocenters. The second-order valence-corrected chi connectivity index (χ2v) is 24.2. The van der Waals surface area contributed by atoms with Gasteiger partial charge in [0.2, 0.25) is 0 Å². The summed E-state index contributed by atoms with van der Waals surface area (Å²) in [6.07, 6.45) is 28.8. The zero-order chi connectivity index (χ0) is 51.6. The van der Waals surface area contributed by atoms with Crippen molar-refractivity contribution < 1.29 is 43.1 Å². The first-order chi connectivity index (χ1) is 34.3. The molecule has 10 nitrogen and oxygen atoms in total. The minimum Gasteiger partial charge on any atom is -0.490 e. The van der Waals surface area contributed by atoms with Crippen molar-refractivity contribution in [3.05, 3.63) is 59.7 Å². The average Bonchev–Trinajstić information content (AvgIpc) is 3.35. The Morgan fingerprint density at radius 2 is 1.13 bits per heavy atom. The number of nitrogens with one attached hydrogen (secondary N) is 1. The van der Waals surface area contributed by atoms with E-state index in [1.54, 1.807) is 12.1 Å². The lowest BCUT2D eigenvalue weighted by Gasteiger charge is -2.53. The summed E-state index contributed by atoms with van der Waals surface area (Å²) in [4.78, 5) is 28.7. The van der Waals surface area contributed by atoms with Crippen LogP contribution in [0, 0.1) is 0 Å². The van der Waals surface area contributed by atoms with Crippen molar-refractivity contribution in [1.82, 2.24) is 5.32 Å². The van der Waals surface area contributed by atoms with Crippen LogP contribution in [0.25, 0.3) is 0 Å². The average molecular weight is 1010 g/mol. The number of aliphatic hydroxyl groups is 1. The molecule has 405 valence electrons. The summed E-state index contributed by atoms with van der Waals surface area (Å²) in [5, 5.41) is 15.5. The molecule has 2 N–H and O–H groups in total. The van der Waals surface area contributed by atoms with Gasteiger partial charge in [-0.05, 0) is 63.8 Å². The first kappa shape index (κ1) is 62.3. The van der Waals surface area contributed by atoms with E-state index in [1.165, 1.54) is 122 Å². The zero-order valence-corrected chi connectivity index (χ0v) is 47.3. The van der Waals surface area contributed by atoms with E-state index in [-0.39, 0.29) is 19.6 Å². The molecule has 3 rings (SSSR count). The maximum atomic E-state index is 14.8. The van der Waals surface area contributed by atoms with Crippen molar-refractivity contribution >= 4 is 20.7 Å². The van der Waals surface area contributed by atoms with E-state index >= 15 is 0 Å². The van der Waals surface area contributed by atoms with Crippen LogP contribution in [0.4, 0.5) is 0 Å². The molecule has 1 aliphatic rings. The molecule has 5 atom stereocenters. The van der Waals surface area contributed by atoms with E-state index in [9.17, 15) is 14.7 Å². The first-order valence-corrected chi connectivity index (χ1v) is 31.2. The Hall–Kier alpha value is -2.96. The van der Waals surface area contributed by atoms with Crippen LogP contribution in [-0.2, 0) is 30.3 Å². The van der Waals surface area contributed by atoms with Gasteiger partial charge in [-0.1, -0.05) is 218 Å². The van der Waals surface area contributed by atoms with E-state index in [4.69, 9.17) is 28.4 Å². The number of amides is 1. The number of hydrogen-bond acceptors (Lipinski definition) is 9. The smallest absolute Gasteiger partial charge is 0.306 e. The molecule has 0 aliphatic carbocycles. The molecule has 1 heterocycles. The molecule has 2 aromatic carbocycles. The second kappa shape index (κ2) is 36.9. The number of rotatable bonds is 41. The fourth-order valence-electron chi connectivity index (χ4n) is 9.32. The van der Waals surface area contributed by atoms with Gasteiger partial charge in [-0.25, -0.2) is 0 Å². The molecular formula is C60H102NO9Si. The third kappa shape index (κ3) is 25.2.